The van der Waals surface area contributed by atoms with Gasteiger partial charge in [-0.15, -0.1) is 0 Å². The number of aryl methyl sites for hydroxylation is 1. The summed E-state index contributed by atoms with van der Waals surface area (Å²) in [4.78, 5) is 12.1. The van der Waals surface area contributed by atoms with Gasteiger partial charge in [-0.25, -0.2) is 0 Å². The van der Waals surface area contributed by atoms with Crippen LogP contribution in [0.15, 0.2) is 48.5 Å². The van der Waals surface area contributed by atoms with Crippen molar-refractivity contribution in [1.82, 2.24) is 5.32 Å². The summed E-state index contributed by atoms with van der Waals surface area (Å²) in [5.74, 6) is 1.16. The number of hydrogen-bond acceptors (Lipinski definition) is 3. The van der Waals surface area contributed by atoms with Gasteiger partial charge < -0.3 is 14.8 Å². The van der Waals surface area contributed by atoms with E-state index in [1.54, 1.807) is 20.3 Å². The lowest BCUT2D eigenvalue weighted by Crippen LogP contribution is -2.24. The van der Waals surface area contributed by atoms with Gasteiger partial charge in [-0.2, -0.15) is 0 Å². The molecular weight excluding hydrogens is 314 g/mol. The number of amides is 1. The Morgan fingerprint density at radius 3 is 2.36 bits per heavy atom. The SMILES string of the molecule is CCc1ccc([C@@H](C)NC(=O)/C=C/c2ccc(OC)c(OC)c2)cc1. The number of methoxy groups -OCH3 is 2. The summed E-state index contributed by atoms with van der Waals surface area (Å²) in [5.41, 5.74) is 3.24. The van der Waals surface area contributed by atoms with Crippen molar-refractivity contribution in [3.63, 3.8) is 0 Å². The van der Waals surface area contributed by atoms with Crippen LogP contribution in [-0.2, 0) is 11.2 Å². The minimum atomic E-state index is -0.137. The van der Waals surface area contributed by atoms with Gasteiger partial charge in [-0.05, 0) is 48.2 Å². The quantitative estimate of drug-likeness (QED) is 0.771. The lowest BCUT2D eigenvalue weighted by Gasteiger charge is -2.13. The molecule has 0 saturated carbocycles. The molecule has 4 heteroatoms. The largest absolute Gasteiger partial charge is 0.493 e. The van der Waals surface area contributed by atoms with Gasteiger partial charge in [-0.1, -0.05) is 37.3 Å². The van der Waals surface area contributed by atoms with Gasteiger partial charge in [0.1, 0.15) is 0 Å². The predicted molar refractivity (Wildman–Crippen MR) is 101 cm³/mol. The standard InChI is InChI=1S/C21H25NO3/c1-5-16-6-10-18(11-7-16)15(2)22-21(23)13-9-17-8-12-19(24-3)20(14-17)25-4/h6-15H,5H2,1-4H3,(H,22,23)/b13-9+/t15-/m1/s1. The maximum absolute atomic E-state index is 12.1. The molecule has 1 N–H and O–H groups in total. The van der Waals surface area contributed by atoms with Gasteiger partial charge in [0, 0.05) is 6.08 Å². The van der Waals surface area contributed by atoms with E-state index in [0.717, 1.165) is 17.5 Å². The maximum atomic E-state index is 12.1. The highest BCUT2D eigenvalue weighted by atomic mass is 16.5. The van der Waals surface area contributed by atoms with Gasteiger partial charge >= 0.3 is 0 Å². The second-order valence-corrected chi connectivity index (χ2v) is 5.77. The highest BCUT2D eigenvalue weighted by Crippen LogP contribution is 2.27. The molecule has 1 atom stereocenters. The van der Waals surface area contributed by atoms with Crippen LogP contribution in [0.25, 0.3) is 6.08 Å². The predicted octanol–water partition coefficient (Wildman–Crippen LogP) is 4.16. The van der Waals surface area contributed by atoms with E-state index < -0.39 is 0 Å². The Labute approximate surface area is 149 Å². The molecule has 0 fully saturated rings. The third kappa shape index (κ3) is 5.11. The molecule has 132 valence electrons. The van der Waals surface area contributed by atoms with E-state index in [-0.39, 0.29) is 11.9 Å². The van der Waals surface area contributed by atoms with Gasteiger partial charge in [0.05, 0.1) is 20.3 Å². The van der Waals surface area contributed by atoms with E-state index in [1.165, 1.54) is 11.6 Å². The highest BCUT2D eigenvalue weighted by molar-refractivity contribution is 5.92. The van der Waals surface area contributed by atoms with Crippen molar-refractivity contribution in [1.29, 1.82) is 0 Å². The van der Waals surface area contributed by atoms with Crippen LogP contribution in [0.4, 0.5) is 0 Å². The van der Waals surface area contributed by atoms with E-state index in [0.29, 0.717) is 11.5 Å². The first kappa shape index (κ1) is 18.6. The van der Waals surface area contributed by atoms with E-state index in [9.17, 15) is 4.79 Å². The average molecular weight is 339 g/mol. The Bertz CT molecular complexity index is 735. The van der Waals surface area contributed by atoms with Crippen molar-refractivity contribution in [3.8, 4) is 11.5 Å². The fourth-order valence-electron chi connectivity index (χ4n) is 2.52. The Hall–Kier alpha value is -2.75. The van der Waals surface area contributed by atoms with Crippen molar-refractivity contribution in [2.24, 2.45) is 0 Å². The van der Waals surface area contributed by atoms with E-state index in [2.05, 4.69) is 36.5 Å². The molecule has 0 aromatic heterocycles. The van der Waals surface area contributed by atoms with Crippen molar-refractivity contribution in [3.05, 3.63) is 65.2 Å². The van der Waals surface area contributed by atoms with Crippen molar-refractivity contribution in [2.75, 3.05) is 14.2 Å². The monoisotopic (exact) mass is 339 g/mol. The zero-order valence-corrected chi connectivity index (χ0v) is 15.2. The molecule has 0 unspecified atom stereocenters. The van der Waals surface area contributed by atoms with Crippen LogP contribution in [0.3, 0.4) is 0 Å². The van der Waals surface area contributed by atoms with Crippen LogP contribution in [0.5, 0.6) is 11.5 Å². The van der Waals surface area contributed by atoms with Crippen LogP contribution in [0.2, 0.25) is 0 Å². The Balaban J connectivity index is 1.99. The van der Waals surface area contributed by atoms with Crippen LogP contribution < -0.4 is 14.8 Å². The molecule has 0 aliphatic heterocycles. The fraction of sp³-hybridized carbons (Fsp3) is 0.286. The third-order valence-electron chi connectivity index (χ3n) is 4.08. The highest BCUT2D eigenvalue weighted by Gasteiger charge is 2.08. The average Bonchev–Trinajstić information content (AvgIpc) is 2.66. The Kier molecular flexibility index (Phi) is 6.63. The van der Waals surface area contributed by atoms with Gasteiger partial charge in [0.2, 0.25) is 5.91 Å². The number of carbonyl (C=O) groups excluding carboxylic acids is 1. The molecule has 0 bridgehead atoms. The van der Waals surface area contributed by atoms with Gasteiger partial charge in [0.15, 0.2) is 11.5 Å². The van der Waals surface area contributed by atoms with Crippen LogP contribution >= 0.6 is 0 Å². The lowest BCUT2D eigenvalue weighted by molar-refractivity contribution is -0.117. The summed E-state index contributed by atoms with van der Waals surface area (Å²) in [6, 6.07) is 13.8. The summed E-state index contributed by atoms with van der Waals surface area (Å²) in [7, 11) is 3.18. The molecule has 0 spiro atoms. The zero-order chi connectivity index (χ0) is 18.2. The molecule has 2 rings (SSSR count). The second kappa shape index (κ2) is 8.92. The molecule has 0 aliphatic rings. The summed E-state index contributed by atoms with van der Waals surface area (Å²) in [6.07, 6.45) is 4.29. The molecule has 0 heterocycles. The first-order chi connectivity index (χ1) is 12.1. The molecule has 4 nitrogen and oxygen atoms in total. The normalized spacial score (nSPS) is 12.0. The molecule has 0 saturated heterocycles. The van der Waals surface area contributed by atoms with Crippen molar-refractivity contribution in [2.45, 2.75) is 26.3 Å². The molecule has 0 radical (unpaired) electrons. The topological polar surface area (TPSA) is 47.6 Å². The molecule has 2 aromatic carbocycles. The van der Waals surface area contributed by atoms with Crippen molar-refractivity contribution < 1.29 is 14.3 Å². The number of ether oxygens (including phenoxy) is 2. The van der Waals surface area contributed by atoms with Gasteiger partial charge in [-0.3, -0.25) is 4.79 Å². The Morgan fingerprint density at radius 2 is 1.76 bits per heavy atom. The smallest absolute Gasteiger partial charge is 0.244 e. The molecule has 1 amide bonds. The van der Waals surface area contributed by atoms with Gasteiger partial charge in [0.25, 0.3) is 0 Å². The van der Waals surface area contributed by atoms with Crippen LogP contribution in [0.1, 0.15) is 36.6 Å². The molecule has 2 aromatic rings. The van der Waals surface area contributed by atoms with E-state index in [1.807, 2.05) is 25.1 Å². The van der Waals surface area contributed by atoms with E-state index >= 15 is 0 Å². The molecular formula is C21H25NO3. The maximum Gasteiger partial charge on any atom is 0.244 e. The molecule has 25 heavy (non-hydrogen) atoms. The summed E-state index contributed by atoms with van der Waals surface area (Å²) in [5, 5.41) is 2.97. The first-order valence-corrected chi connectivity index (χ1v) is 8.36. The summed E-state index contributed by atoms with van der Waals surface area (Å²) in [6.45, 7) is 4.10. The number of nitrogens with one attached hydrogen (secondary N) is 1. The second-order valence-electron chi connectivity index (χ2n) is 5.77. The fourth-order valence-corrected chi connectivity index (χ4v) is 2.52. The third-order valence-corrected chi connectivity index (χ3v) is 4.08. The first-order valence-electron chi connectivity index (χ1n) is 8.36. The minimum absolute atomic E-state index is 0.0477. The molecule has 0 aliphatic carbocycles. The summed E-state index contributed by atoms with van der Waals surface area (Å²) >= 11 is 0. The number of rotatable bonds is 7. The number of hydrogen-bond donors (Lipinski definition) is 1. The zero-order valence-electron chi connectivity index (χ0n) is 15.2. The Morgan fingerprint density at radius 1 is 1.08 bits per heavy atom. The van der Waals surface area contributed by atoms with Crippen LogP contribution in [0, 0.1) is 0 Å². The summed E-state index contributed by atoms with van der Waals surface area (Å²) < 4.78 is 10.5. The number of carbonyl (C=O) groups is 1. The lowest BCUT2D eigenvalue weighted by atomic mass is 10.0. The van der Waals surface area contributed by atoms with Crippen LogP contribution in [-0.4, -0.2) is 20.1 Å². The number of benzene rings is 2. The van der Waals surface area contributed by atoms with E-state index in [4.69, 9.17) is 9.47 Å². The minimum Gasteiger partial charge on any atom is -0.493 e. The van der Waals surface area contributed by atoms with Crippen molar-refractivity contribution >= 4 is 12.0 Å².